The summed E-state index contributed by atoms with van der Waals surface area (Å²) in [5, 5.41) is 0. The summed E-state index contributed by atoms with van der Waals surface area (Å²) in [5.74, 6) is -0.763. The Hall–Kier alpha value is -1.10. The van der Waals surface area contributed by atoms with Crippen molar-refractivity contribution in [2.45, 2.75) is 45.5 Å². The molecular weight excluding hydrogens is 200 g/mol. The molecule has 1 fully saturated rings. The second-order valence-electron chi connectivity index (χ2n) is 3.59. The zero-order chi connectivity index (χ0) is 11.4. The second kappa shape index (κ2) is 5.11. The fourth-order valence-electron chi connectivity index (χ4n) is 1.63. The average molecular weight is 216 g/mol. The Morgan fingerprint density at radius 2 is 1.80 bits per heavy atom. The number of hydrogen-bond donors (Lipinski definition) is 0. The summed E-state index contributed by atoms with van der Waals surface area (Å²) < 4.78 is 15.5. The summed E-state index contributed by atoms with van der Waals surface area (Å²) in [6, 6.07) is 0. The standard InChI is InChI=1S/C10H16O5/c1-6-10(15-8(3)12)9(4-5-13-6)14-7(2)11/h6,9-10H,4-5H2,1-3H3/t6-,9-,10-/m0/s1. The Bertz CT molecular complexity index is 250. The van der Waals surface area contributed by atoms with Crippen LogP contribution in [0.25, 0.3) is 0 Å². The molecule has 1 rings (SSSR count). The van der Waals surface area contributed by atoms with Gasteiger partial charge in [-0.1, -0.05) is 0 Å². The van der Waals surface area contributed by atoms with Crippen LogP contribution in [0, 0.1) is 0 Å². The third-order valence-corrected chi connectivity index (χ3v) is 2.23. The molecule has 5 heteroatoms. The quantitative estimate of drug-likeness (QED) is 0.634. The Morgan fingerprint density at radius 1 is 1.20 bits per heavy atom. The van der Waals surface area contributed by atoms with Crippen molar-refractivity contribution in [1.29, 1.82) is 0 Å². The van der Waals surface area contributed by atoms with Crippen LogP contribution in [0.4, 0.5) is 0 Å². The van der Waals surface area contributed by atoms with E-state index in [1.807, 2.05) is 0 Å². The molecule has 5 nitrogen and oxygen atoms in total. The van der Waals surface area contributed by atoms with Crippen LogP contribution in [-0.4, -0.2) is 36.9 Å². The van der Waals surface area contributed by atoms with Gasteiger partial charge in [0.05, 0.1) is 12.7 Å². The molecule has 0 saturated carbocycles. The van der Waals surface area contributed by atoms with Crippen molar-refractivity contribution >= 4 is 11.9 Å². The van der Waals surface area contributed by atoms with Crippen molar-refractivity contribution in [1.82, 2.24) is 0 Å². The van der Waals surface area contributed by atoms with E-state index >= 15 is 0 Å². The van der Waals surface area contributed by atoms with Crippen molar-refractivity contribution in [2.75, 3.05) is 6.61 Å². The number of carbonyl (C=O) groups is 2. The molecule has 0 spiro atoms. The van der Waals surface area contributed by atoms with Gasteiger partial charge in [-0.25, -0.2) is 0 Å². The van der Waals surface area contributed by atoms with Gasteiger partial charge in [0.2, 0.25) is 0 Å². The molecule has 0 radical (unpaired) electrons. The molecular formula is C10H16O5. The van der Waals surface area contributed by atoms with Crippen LogP contribution in [0.3, 0.4) is 0 Å². The number of carbonyl (C=O) groups excluding carboxylic acids is 2. The van der Waals surface area contributed by atoms with E-state index in [2.05, 4.69) is 0 Å². The van der Waals surface area contributed by atoms with Gasteiger partial charge in [0.25, 0.3) is 0 Å². The van der Waals surface area contributed by atoms with E-state index in [-0.39, 0.29) is 12.1 Å². The van der Waals surface area contributed by atoms with Crippen LogP contribution in [0.15, 0.2) is 0 Å². The maximum Gasteiger partial charge on any atom is 0.303 e. The topological polar surface area (TPSA) is 61.8 Å². The molecule has 1 saturated heterocycles. The van der Waals surface area contributed by atoms with Gasteiger partial charge in [-0.15, -0.1) is 0 Å². The smallest absolute Gasteiger partial charge is 0.303 e. The van der Waals surface area contributed by atoms with Gasteiger partial charge in [-0.3, -0.25) is 9.59 Å². The highest BCUT2D eigenvalue weighted by atomic mass is 16.6. The number of rotatable bonds is 2. The summed E-state index contributed by atoms with van der Waals surface area (Å²) in [7, 11) is 0. The molecule has 0 N–H and O–H groups in total. The summed E-state index contributed by atoms with van der Waals surface area (Å²) in [6.07, 6.45) is -0.579. The summed E-state index contributed by atoms with van der Waals surface area (Å²) in [5.41, 5.74) is 0. The summed E-state index contributed by atoms with van der Waals surface area (Å²) >= 11 is 0. The maximum absolute atomic E-state index is 10.9. The van der Waals surface area contributed by atoms with Gasteiger partial charge in [0.15, 0.2) is 6.10 Å². The molecule has 15 heavy (non-hydrogen) atoms. The number of esters is 2. The van der Waals surface area contributed by atoms with Crippen LogP contribution >= 0.6 is 0 Å². The predicted molar refractivity (Wildman–Crippen MR) is 51.1 cm³/mol. The minimum absolute atomic E-state index is 0.244. The first-order valence-electron chi connectivity index (χ1n) is 4.96. The third kappa shape index (κ3) is 3.51. The SMILES string of the molecule is CC(=O)O[C@H]1[C@H](C)OCC[C@@H]1OC(C)=O. The fraction of sp³-hybridized carbons (Fsp3) is 0.800. The zero-order valence-corrected chi connectivity index (χ0v) is 9.19. The van der Waals surface area contributed by atoms with Gasteiger partial charge in [-0.2, -0.15) is 0 Å². The molecule has 0 aromatic carbocycles. The Labute approximate surface area is 88.7 Å². The van der Waals surface area contributed by atoms with Crippen LogP contribution < -0.4 is 0 Å². The average Bonchev–Trinajstić information content (AvgIpc) is 2.09. The first kappa shape index (κ1) is 12.0. The molecule has 1 aliphatic rings. The molecule has 0 aromatic rings. The van der Waals surface area contributed by atoms with Crippen molar-refractivity contribution in [2.24, 2.45) is 0 Å². The van der Waals surface area contributed by atoms with E-state index in [1.165, 1.54) is 13.8 Å². The monoisotopic (exact) mass is 216 g/mol. The largest absolute Gasteiger partial charge is 0.458 e. The molecule has 0 unspecified atom stereocenters. The van der Waals surface area contributed by atoms with E-state index in [0.717, 1.165) is 0 Å². The van der Waals surface area contributed by atoms with Crippen molar-refractivity contribution in [3.05, 3.63) is 0 Å². The highest BCUT2D eigenvalue weighted by Gasteiger charge is 2.36. The minimum Gasteiger partial charge on any atom is -0.458 e. The van der Waals surface area contributed by atoms with Crippen LogP contribution in [0.5, 0.6) is 0 Å². The third-order valence-electron chi connectivity index (χ3n) is 2.23. The van der Waals surface area contributed by atoms with Crippen molar-refractivity contribution in [3.63, 3.8) is 0 Å². The zero-order valence-electron chi connectivity index (χ0n) is 9.19. The van der Waals surface area contributed by atoms with Gasteiger partial charge >= 0.3 is 11.9 Å². The lowest BCUT2D eigenvalue weighted by atomic mass is 10.0. The van der Waals surface area contributed by atoms with Gasteiger partial charge in [0, 0.05) is 20.3 Å². The van der Waals surface area contributed by atoms with Crippen LogP contribution in [0.1, 0.15) is 27.2 Å². The highest BCUT2D eigenvalue weighted by Crippen LogP contribution is 2.20. The molecule has 86 valence electrons. The maximum atomic E-state index is 10.9. The molecule has 3 atom stereocenters. The summed E-state index contributed by atoms with van der Waals surface area (Å²) in [6.45, 7) is 4.97. The molecule has 1 heterocycles. The van der Waals surface area contributed by atoms with E-state index in [0.29, 0.717) is 13.0 Å². The van der Waals surface area contributed by atoms with E-state index in [1.54, 1.807) is 6.92 Å². The molecule has 0 aromatic heterocycles. The minimum atomic E-state index is -0.500. The normalized spacial score (nSPS) is 30.7. The van der Waals surface area contributed by atoms with Crippen molar-refractivity contribution < 1.29 is 23.8 Å². The first-order chi connectivity index (χ1) is 7.00. The van der Waals surface area contributed by atoms with E-state index < -0.39 is 18.2 Å². The van der Waals surface area contributed by atoms with Crippen LogP contribution in [-0.2, 0) is 23.8 Å². The molecule has 1 aliphatic heterocycles. The van der Waals surface area contributed by atoms with Gasteiger partial charge in [-0.05, 0) is 6.92 Å². The lowest BCUT2D eigenvalue weighted by Crippen LogP contribution is -2.47. The lowest BCUT2D eigenvalue weighted by molar-refractivity contribution is -0.190. The second-order valence-corrected chi connectivity index (χ2v) is 3.59. The molecule has 0 aliphatic carbocycles. The fourth-order valence-corrected chi connectivity index (χ4v) is 1.63. The number of ether oxygens (including phenoxy) is 3. The van der Waals surface area contributed by atoms with Crippen molar-refractivity contribution in [3.8, 4) is 0 Å². The number of hydrogen-bond acceptors (Lipinski definition) is 5. The summed E-state index contributed by atoms with van der Waals surface area (Å²) in [4.78, 5) is 21.7. The Balaban J connectivity index is 2.63. The Morgan fingerprint density at radius 3 is 2.33 bits per heavy atom. The van der Waals surface area contributed by atoms with Gasteiger partial charge < -0.3 is 14.2 Å². The first-order valence-corrected chi connectivity index (χ1v) is 4.96. The molecule has 0 bridgehead atoms. The molecule has 0 amide bonds. The highest BCUT2D eigenvalue weighted by molar-refractivity contribution is 5.67. The van der Waals surface area contributed by atoms with Crippen LogP contribution in [0.2, 0.25) is 0 Å². The lowest BCUT2D eigenvalue weighted by Gasteiger charge is -2.34. The van der Waals surface area contributed by atoms with E-state index in [9.17, 15) is 9.59 Å². The predicted octanol–water partition coefficient (Wildman–Crippen LogP) is 0.659. The van der Waals surface area contributed by atoms with Gasteiger partial charge in [0.1, 0.15) is 6.10 Å². The van der Waals surface area contributed by atoms with E-state index in [4.69, 9.17) is 14.2 Å². The Kier molecular flexibility index (Phi) is 4.08.